The number of aromatic carboxylic acids is 1. The molecule has 0 saturated carbocycles. The van der Waals surface area contributed by atoms with Crippen LogP contribution in [0.3, 0.4) is 0 Å². The number of aromatic nitrogens is 2. The maximum atomic E-state index is 11.1. The first-order chi connectivity index (χ1) is 13.0. The van der Waals surface area contributed by atoms with Gasteiger partial charge in [0.1, 0.15) is 18.4 Å². The quantitative estimate of drug-likeness (QED) is 0.742. The third-order valence-electron chi connectivity index (χ3n) is 4.04. The molecule has 1 heterocycles. The van der Waals surface area contributed by atoms with Gasteiger partial charge in [0.05, 0.1) is 16.8 Å². The summed E-state index contributed by atoms with van der Waals surface area (Å²) in [6, 6.07) is 15.2. The highest BCUT2D eigenvalue weighted by molar-refractivity contribution is 5.88. The average Bonchev–Trinajstić information content (AvgIpc) is 2.66. The number of benzene rings is 2. The molecule has 1 N–H and O–H groups in total. The number of ether oxygens (including phenoxy) is 1. The van der Waals surface area contributed by atoms with Crippen molar-refractivity contribution in [2.24, 2.45) is 0 Å². The van der Waals surface area contributed by atoms with Crippen molar-refractivity contribution in [2.75, 3.05) is 0 Å². The van der Waals surface area contributed by atoms with Gasteiger partial charge < -0.3 is 9.84 Å². The van der Waals surface area contributed by atoms with Gasteiger partial charge >= 0.3 is 5.97 Å². The number of nitriles is 1. The van der Waals surface area contributed by atoms with Crippen LogP contribution >= 0.6 is 0 Å². The molecule has 27 heavy (non-hydrogen) atoms. The van der Waals surface area contributed by atoms with Crippen LogP contribution in [0.4, 0.5) is 0 Å². The van der Waals surface area contributed by atoms with E-state index in [1.54, 1.807) is 25.1 Å². The minimum atomic E-state index is -1.07. The molecule has 3 rings (SSSR count). The van der Waals surface area contributed by atoms with Crippen LogP contribution in [0.15, 0.2) is 48.7 Å². The molecule has 0 aliphatic heterocycles. The van der Waals surface area contributed by atoms with E-state index in [-0.39, 0.29) is 5.56 Å². The van der Waals surface area contributed by atoms with Gasteiger partial charge in [-0.2, -0.15) is 5.26 Å². The number of nitrogens with zero attached hydrogens (tertiary/aromatic N) is 3. The molecule has 2 aromatic carbocycles. The first kappa shape index (κ1) is 18.1. The van der Waals surface area contributed by atoms with Crippen LogP contribution < -0.4 is 4.74 Å². The number of rotatable bonds is 5. The summed E-state index contributed by atoms with van der Waals surface area (Å²) in [5.74, 6) is -0.238. The first-order valence-corrected chi connectivity index (χ1v) is 8.27. The molecule has 0 amide bonds. The minimum absolute atomic E-state index is 0.0531. The summed E-state index contributed by atoms with van der Waals surface area (Å²) in [6.45, 7) is 3.98. The van der Waals surface area contributed by atoms with Crippen molar-refractivity contribution in [1.82, 2.24) is 9.97 Å². The fraction of sp³-hybridized carbons (Fsp3) is 0.143. The van der Waals surface area contributed by atoms with Crippen LogP contribution in [-0.2, 0) is 6.61 Å². The zero-order chi connectivity index (χ0) is 19.4. The Balaban J connectivity index is 1.85. The maximum Gasteiger partial charge on any atom is 0.339 e. The number of carboxylic acids is 1. The van der Waals surface area contributed by atoms with Crippen molar-refractivity contribution in [3.63, 3.8) is 0 Å². The summed E-state index contributed by atoms with van der Waals surface area (Å²) in [4.78, 5) is 19.4. The van der Waals surface area contributed by atoms with E-state index in [0.29, 0.717) is 35.0 Å². The Morgan fingerprint density at radius 3 is 2.70 bits per heavy atom. The Bertz CT molecular complexity index is 1050. The van der Waals surface area contributed by atoms with Gasteiger partial charge in [0.25, 0.3) is 0 Å². The second-order valence-electron chi connectivity index (χ2n) is 6.10. The predicted octanol–water partition coefficient (Wildman–Crippen LogP) is 3.91. The average molecular weight is 359 g/mol. The van der Waals surface area contributed by atoms with Crippen LogP contribution in [-0.4, -0.2) is 21.0 Å². The van der Waals surface area contributed by atoms with E-state index in [1.165, 1.54) is 6.20 Å². The van der Waals surface area contributed by atoms with Gasteiger partial charge in [-0.15, -0.1) is 0 Å². The van der Waals surface area contributed by atoms with E-state index >= 15 is 0 Å². The standard InChI is InChI=1S/C21H17N3O3/c1-13-4-3-5-15(8-13)12-27-19-7-6-16(9-17(19)10-22)20-23-11-18(21(25)26)14(2)24-20/h3-9,11H,12H2,1-2H3,(H,25,26). The van der Waals surface area contributed by atoms with E-state index in [2.05, 4.69) is 16.0 Å². The van der Waals surface area contributed by atoms with E-state index < -0.39 is 5.97 Å². The predicted molar refractivity (Wildman–Crippen MR) is 99.4 cm³/mol. The smallest absolute Gasteiger partial charge is 0.339 e. The zero-order valence-electron chi connectivity index (χ0n) is 14.9. The van der Waals surface area contributed by atoms with Crippen molar-refractivity contribution in [1.29, 1.82) is 5.26 Å². The Morgan fingerprint density at radius 2 is 2.04 bits per heavy atom. The van der Waals surface area contributed by atoms with Gasteiger partial charge in [0.15, 0.2) is 5.82 Å². The third-order valence-corrected chi connectivity index (χ3v) is 4.04. The molecule has 6 nitrogen and oxygen atoms in total. The highest BCUT2D eigenvalue weighted by atomic mass is 16.5. The summed E-state index contributed by atoms with van der Waals surface area (Å²) in [6.07, 6.45) is 1.27. The number of hydrogen-bond donors (Lipinski definition) is 1. The van der Waals surface area contributed by atoms with E-state index in [9.17, 15) is 10.1 Å². The van der Waals surface area contributed by atoms with Crippen molar-refractivity contribution in [3.8, 4) is 23.2 Å². The lowest BCUT2D eigenvalue weighted by Crippen LogP contribution is -2.04. The minimum Gasteiger partial charge on any atom is -0.488 e. The third kappa shape index (κ3) is 4.10. The molecule has 0 fully saturated rings. The van der Waals surface area contributed by atoms with Crippen LogP contribution in [0.1, 0.15) is 32.7 Å². The van der Waals surface area contributed by atoms with Crippen molar-refractivity contribution >= 4 is 5.97 Å². The van der Waals surface area contributed by atoms with Gasteiger partial charge in [0.2, 0.25) is 0 Å². The molecule has 0 bridgehead atoms. The molecule has 0 unspecified atom stereocenters. The van der Waals surface area contributed by atoms with Crippen molar-refractivity contribution < 1.29 is 14.6 Å². The van der Waals surface area contributed by atoms with Crippen LogP contribution in [0.25, 0.3) is 11.4 Å². The summed E-state index contributed by atoms with van der Waals surface area (Å²) in [5, 5.41) is 18.5. The number of aryl methyl sites for hydroxylation is 2. The van der Waals surface area contributed by atoms with Gasteiger partial charge in [-0.25, -0.2) is 14.8 Å². The second-order valence-corrected chi connectivity index (χ2v) is 6.10. The van der Waals surface area contributed by atoms with Crippen LogP contribution in [0.5, 0.6) is 5.75 Å². The lowest BCUT2D eigenvalue weighted by atomic mass is 10.1. The van der Waals surface area contributed by atoms with Crippen LogP contribution in [0, 0.1) is 25.2 Å². The number of carbonyl (C=O) groups is 1. The van der Waals surface area contributed by atoms with E-state index in [4.69, 9.17) is 9.84 Å². The summed E-state index contributed by atoms with van der Waals surface area (Å²) >= 11 is 0. The van der Waals surface area contributed by atoms with Gasteiger partial charge in [-0.1, -0.05) is 29.8 Å². The van der Waals surface area contributed by atoms with E-state index in [0.717, 1.165) is 11.1 Å². The molecule has 0 aliphatic carbocycles. The molecule has 6 heteroatoms. The molecule has 0 aliphatic rings. The number of hydrogen-bond acceptors (Lipinski definition) is 5. The topological polar surface area (TPSA) is 96.1 Å². The van der Waals surface area contributed by atoms with Crippen molar-refractivity contribution in [2.45, 2.75) is 20.5 Å². The summed E-state index contributed by atoms with van der Waals surface area (Å²) in [5.41, 5.74) is 3.57. The molecule has 3 aromatic rings. The van der Waals surface area contributed by atoms with Gasteiger partial charge in [-0.05, 0) is 37.6 Å². The Labute approximate surface area is 156 Å². The van der Waals surface area contributed by atoms with Gasteiger partial charge in [-0.3, -0.25) is 0 Å². The fourth-order valence-electron chi connectivity index (χ4n) is 2.66. The van der Waals surface area contributed by atoms with Crippen molar-refractivity contribution in [3.05, 3.63) is 76.6 Å². The van der Waals surface area contributed by atoms with Crippen LogP contribution in [0.2, 0.25) is 0 Å². The Hall–Kier alpha value is -3.72. The van der Waals surface area contributed by atoms with E-state index in [1.807, 2.05) is 31.2 Å². The number of carboxylic acid groups (broad SMARTS) is 1. The fourth-order valence-corrected chi connectivity index (χ4v) is 2.66. The molecule has 0 radical (unpaired) electrons. The lowest BCUT2D eigenvalue weighted by molar-refractivity contribution is 0.0695. The largest absolute Gasteiger partial charge is 0.488 e. The highest BCUT2D eigenvalue weighted by Crippen LogP contribution is 2.25. The highest BCUT2D eigenvalue weighted by Gasteiger charge is 2.13. The molecule has 0 saturated heterocycles. The van der Waals surface area contributed by atoms with Gasteiger partial charge in [0, 0.05) is 11.8 Å². The molecule has 0 atom stereocenters. The summed E-state index contributed by atoms with van der Waals surface area (Å²) in [7, 11) is 0. The molecule has 1 aromatic heterocycles. The normalized spacial score (nSPS) is 10.3. The monoisotopic (exact) mass is 359 g/mol. The zero-order valence-corrected chi connectivity index (χ0v) is 14.9. The lowest BCUT2D eigenvalue weighted by Gasteiger charge is -2.10. The Morgan fingerprint density at radius 1 is 1.22 bits per heavy atom. The maximum absolute atomic E-state index is 11.1. The first-order valence-electron chi connectivity index (χ1n) is 8.27. The molecule has 0 spiro atoms. The summed E-state index contributed by atoms with van der Waals surface area (Å²) < 4.78 is 5.79. The molecular formula is C21H17N3O3. The molecular weight excluding hydrogens is 342 g/mol. The molecule has 134 valence electrons. The SMILES string of the molecule is Cc1cccc(COc2ccc(-c3ncc(C(=O)O)c(C)n3)cc2C#N)c1. The second kappa shape index (κ2) is 7.67. The Kier molecular flexibility index (Phi) is 5.13.